The Kier molecular flexibility index (Phi) is 5.12. The fraction of sp³-hybridized carbons (Fsp3) is 0.211. The summed E-state index contributed by atoms with van der Waals surface area (Å²) in [5.74, 6) is -2.40. The van der Waals surface area contributed by atoms with Crippen molar-refractivity contribution in [3.8, 4) is 5.69 Å². The molecule has 0 fully saturated rings. The van der Waals surface area contributed by atoms with Crippen LogP contribution < -0.4 is 0 Å². The summed E-state index contributed by atoms with van der Waals surface area (Å²) in [6.45, 7) is 5.14. The molecule has 146 valence electrons. The summed E-state index contributed by atoms with van der Waals surface area (Å²) in [7, 11) is -3.02. The third-order valence-electron chi connectivity index (χ3n) is 4.24. The van der Waals surface area contributed by atoms with E-state index in [1.165, 1.54) is 19.2 Å². The normalized spacial score (nSPS) is 13.2. The van der Waals surface area contributed by atoms with E-state index in [4.69, 9.17) is 0 Å². The highest BCUT2D eigenvalue weighted by Crippen LogP contribution is 2.21. The van der Waals surface area contributed by atoms with Crippen LogP contribution in [0.2, 0.25) is 0 Å². The fourth-order valence-electron chi connectivity index (χ4n) is 2.77. The molecule has 1 heterocycles. The monoisotopic (exact) mass is 404 g/mol. The first-order chi connectivity index (χ1) is 13.1. The number of rotatable bonds is 3. The lowest BCUT2D eigenvalue weighted by Gasteiger charge is -2.08. The van der Waals surface area contributed by atoms with Gasteiger partial charge in [0.1, 0.15) is 11.5 Å². The number of nitrogens with zero attached hydrogens (tertiary/aromatic N) is 4. The topological polar surface area (TPSA) is 77.2 Å². The number of amides is 1. The predicted molar refractivity (Wildman–Crippen MR) is 101 cm³/mol. The van der Waals surface area contributed by atoms with Crippen LogP contribution in [0.15, 0.2) is 45.7 Å². The molecular weight excluding hydrogens is 386 g/mol. The molecule has 0 aliphatic carbocycles. The second-order valence-corrected chi connectivity index (χ2v) is 8.73. The van der Waals surface area contributed by atoms with Gasteiger partial charge in [-0.15, -0.1) is 5.10 Å². The zero-order valence-corrected chi connectivity index (χ0v) is 16.6. The quantitative estimate of drug-likeness (QED) is 0.666. The molecule has 2 aromatic carbocycles. The van der Waals surface area contributed by atoms with Gasteiger partial charge >= 0.3 is 5.91 Å². The summed E-state index contributed by atoms with van der Waals surface area (Å²) in [5, 5.41) is 7.52. The summed E-state index contributed by atoms with van der Waals surface area (Å²) >= 11 is 0. The van der Waals surface area contributed by atoms with E-state index in [0.717, 1.165) is 21.9 Å². The number of aryl methyl sites for hydroxylation is 2. The third kappa shape index (κ3) is 3.70. The number of aromatic nitrogens is 3. The minimum atomic E-state index is -3.02. The molecule has 0 N–H and O–H groups in total. The van der Waals surface area contributed by atoms with Crippen molar-refractivity contribution in [3.05, 3.63) is 70.5 Å². The Morgan fingerprint density at radius 1 is 1.11 bits per heavy atom. The second kappa shape index (κ2) is 7.23. The Labute approximate surface area is 161 Å². The van der Waals surface area contributed by atoms with Crippen LogP contribution in [0.25, 0.3) is 5.69 Å². The maximum Gasteiger partial charge on any atom is 0.307 e. The minimum absolute atomic E-state index is 0.0581. The van der Waals surface area contributed by atoms with Gasteiger partial charge in [-0.3, -0.25) is 4.79 Å². The van der Waals surface area contributed by atoms with Gasteiger partial charge in [-0.25, -0.2) is 17.7 Å². The summed E-state index contributed by atoms with van der Waals surface area (Å²) in [6, 6.07) is 8.39. The highest BCUT2D eigenvalue weighted by molar-refractivity contribution is 7.93. The molecule has 0 aliphatic rings. The van der Waals surface area contributed by atoms with Crippen LogP contribution in [0.1, 0.15) is 27.3 Å². The molecule has 3 rings (SSSR count). The minimum Gasteiger partial charge on any atom is -0.264 e. The molecule has 28 heavy (non-hydrogen) atoms. The van der Waals surface area contributed by atoms with E-state index < -0.39 is 27.3 Å². The van der Waals surface area contributed by atoms with Gasteiger partial charge in [-0.1, -0.05) is 17.3 Å². The lowest BCUT2D eigenvalue weighted by Crippen LogP contribution is -2.08. The summed E-state index contributed by atoms with van der Waals surface area (Å²) in [6.07, 6.45) is 1.38. The molecule has 1 aromatic heterocycles. The second-order valence-electron chi connectivity index (χ2n) is 6.50. The largest absolute Gasteiger partial charge is 0.307 e. The summed E-state index contributed by atoms with van der Waals surface area (Å²) < 4.78 is 45.2. The van der Waals surface area contributed by atoms with Crippen molar-refractivity contribution in [2.45, 2.75) is 25.7 Å². The first-order valence-electron chi connectivity index (χ1n) is 8.31. The first kappa shape index (κ1) is 19.8. The molecule has 6 nitrogen and oxygen atoms in total. The zero-order valence-electron chi connectivity index (χ0n) is 15.7. The van der Waals surface area contributed by atoms with Crippen molar-refractivity contribution in [1.82, 2.24) is 15.0 Å². The molecule has 0 aliphatic heterocycles. The molecule has 0 saturated carbocycles. The average Bonchev–Trinajstić information content (AvgIpc) is 2.98. The van der Waals surface area contributed by atoms with E-state index >= 15 is 0 Å². The van der Waals surface area contributed by atoms with Crippen molar-refractivity contribution < 1.29 is 17.8 Å². The Hall–Kier alpha value is -2.94. The number of hydrogen-bond acceptors (Lipinski definition) is 4. The van der Waals surface area contributed by atoms with E-state index in [2.05, 4.69) is 14.7 Å². The molecular formula is C19H18F2N4O2S. The maximum absolute atomic E-state index is 14.0. The van der Waals surface area contributed by atoms with Gasteiger partial charge in [0.25, 0.3) is 0 Å². The summed E-state index contributed by atoms with van der Waals surface area (Å²) in [4.78, 5) is 13.1. The molecule has 0 saturated heterocycles. The van der Waals surface area contributed by atoms with E-state index in [1.54, 1.807) is 13.0 Å². The maximum atomic E-state index is 14.0. The van der Waals surface area contributed by atoms with Crippen molar-refractivity contribution in [2.24, 2.45) is 4.36 Å². The number of carbonyl (C=O) groups excluding carboxylic acids is 1. The van der Waals surface area contributed by atoms with Gasteiger partial charge in [0, 0.05) is 12.3 Å². The molecule has 3 aromatic rings. The molecule has 9 heteroatoms. The third-order valence-corrected chi connectivity index (χ3v) is 6.01. The number of halogens is 2. The molecule has 1 amide bonds. The van der Waals surface area contributed by atoms with E-state index in [9.17, 15) is 17.8 Å². The lowest BCUT2D eigenvalue weighted by molar-refractivity contribution is 0.0999. The SMILES string of the molecule is Cc1ccc(C)c(S(C)(=O)=NC(=O)c2nnn(-c3ccc(F)cc3F)c2C)c1. The predicted octanol–water partition coefficient (Wildman–Crippen LogP) is 3.77. The van der Waals surface area contributed by atoms with Gasteiger partial charge in [-0.05, 0) is 50.1 Å². The standard InChI is InChI=1S/C19H18F2N4O2S/c1-11-5-6-12(2)17(9-11)28(4,27)23-19(26)18-13(3)25(24-22-18)16-8-7-14(20)10-15(16)21/h5-10H,1-4H3. The smallest absolute Gasteiger partial charge is 0.264 e. The van der Waals surface area contributed by atoms with Crippen LogP contribution in [0.3, 0.4) is 0 Å². The van der Waals surface area contributed by atoms with Crippen LogP contribution in [0, 0.1) is 32.4 Å². The highest BCUT2D eigenvalue weighted by atomic mass is 32.2. The van der Waals surface area contributed by atoms with Gasteiger partial charge in [-0.2, -0.15) is 4.36 Å². The van der Waals surface area contributed by atoms with Crippen molar-refractivity contribution in [2.75, 3.05) is 6.26 Å². The van der Waals surface area contributed by atoms with Gasteiger partial charge in [0.05, 0.1) is 20.3 Å². The van der Waals surface area contributed by atoms with Crippen molar-refractivity contribution in [3.63, 3.8) is 0 Å². The van der Waals surface area contributed by atoms with Crippen LogP contribution in [-0.4, -0.2) is 31.4 Å². The lowest BCUT2D eigenvalue weighted by atomic mass is 10.2. The summed E-state index contributed by atoms with van der Waals surface area (Å²) in [5.41, 5.74) is 1.64. The van der Waals surface area contributed by atoms with E-state index in [0.29, 0.717) is 11.0 Å². The molecule has 1 atom stereocenters. The number of carbonyl (C=O) groups is 1. The average molecular weight is 404 g/mol. The zero-order chi connectivity index (χ0) is 20.6. The molecule has 0 bridgehead atoms. The highest BCUT2D eigenvalue weighted by Gasteiger charge is 2.21. The Morgan fingerprint density at radius 2 is 1.82 bits per heavy atom. The first-order valence-corrected chi connectivity index (χ1v) is 10.2. The molecule has 0 radical (unpaired) electrons. The van der Waals surface area contributed by atoms with Gasteiger partial charge < -0.3 is 0 Å². The Balaban J connectivity index is 2.04. The van der Waals surface area contributed by atoms with E-state index in [1.807, 2.05) is 19.1 Å². The van der Waals surface area contributed by atoms with Crippen LogP contribution in [0.4, 0.5) is 8.78 Å². The van der Waals surface area contributed by atoms with E-state index in [-0.39, 0.29) is 17.1 Å². The van der Waals surface area contributed by atoms with Crippen LogP contribution in [0.5, 0.6) is 0 Å². The van der Waals surface area contributed by atoms with Crippen molar-refractivity contribution >= 4 is 15.6 Å². The van der Waals surface area contributed by atoms with Gasteiger partial charge in [0.2, 0.25) is 0 Å². The van der Waals surface area contributed by atoms with Crippen LogP contribution in [-0.2, 0) is 9.73 Å². The molecule has 0 spiro atoms. The van der Waals surface area contributed by atoms with Gasteiger partial charge in [0.15, 0.2) is 11.5 Å². The fourth-order valence-corrected chi connectivity index (χ4v) is 4.35. The Morgan fingerprint density at radius 3 is 2.50 bits per heavy atom. The Bertz CT molecular complexity index is 1210. The number of hydrogen-bond donors (Lipinski definition) is 0. The van der Waals surface area contributed by atoms with Crippen molar-refractivity contribution in [1.29, 1.82) is 0 Å². The number of benzene rings is 2. The van der Waals surface area contributed by atoms with Crippen LogP contribution >= 0.6 is 0 Å². The molecule has 1 unspecified atom stereocenters.